The van der Waals surface area contributed by atoms with Gasteiger partial charge in [-0.2, -0.15) is 0 Å². The number of carbonyl (C=O) groups is 1. The first-order chi connectivity index (χ1) is 11.9. The van der Waals surface area contributed by atoms with Gasteiger partial charge in [-0.1, -0.05) is 11.6 Å². The molecule has 1 atom stereocenters. The lowest BCUT2D eigenvalue weighted by Gasteiger charge is -2.10. The minimum absolute atomic E-state index is 0.0215. The monoisotopic (exact) mass is 364 g/mol. The number of hydrogen-bond donors (Lipinski definition) is 0. The Morgan fingerprint density at radius 2 is 1.80 bits per heavy atom. The number of esters is 1. The highest BCUT2D eigenvalue weighted by Crippen LogP contribution is 2.25. The highest BCUT2D eigenvalue weighted by Gasteiger charge is 2.21. The van der Waals surface area contributed by atoms with Crippen LogP contribution in [0.15, 0.2) is 46.9 Å². The molecule has 0 radical (unpaired) electrons. The average molecular weight is 365 g/mol. The summed E-state index contributed by atoms with van der Waals surface area (Å²) in [4.78, 5) is 12.1. The van der Waals surface area contributed by atoms with E-state index in [9.17, 15) is 13.6 Å². The van der Waals surface area contributed by atoms with Gasteiger partial charge in [0.05, 0.1) is 10.6 Å². The lowest BCUT2D eigenvalue weighted by molar-refractivity contribution is 0.0280. The van der Waals surface area contributed by atoms with Crippen molar-refractivity contribution in [1.29, 1.82) is 0 Å². The van der Waals surface area contributed by atoms with Crippen molar-refractivity contribution < 1.29 is 22.7 Å². The van der Waals surface area contributed by atoms with Crippen LogP contribution in [0.4, 0.5) is 8.78 Å². The molecule has 1 aromatic heterocycles. The van der Waals surface area contributed by atoms with Crippen molar-refractivity contribution in [3.05, 3.63) is 70.6 Å². The topological polar surface area (TPSA) is 65.2 Å². The smallest absolute Gasteiger partial charge is 0.340 e. The van der Waals surface area contributed by atoms with E-state index >= 15 is 0 Å². The van der Waals surface area contributed by atoms with Crippen molar-refractivity contribution in [2.75, 3.05) is 0 Å². The molecule has 0 spiro atoms. The Labute approximate surface area is 146 Å². The summed E-state index contributed by atoms with van der Waals surface area (Å²) in [5, 5.41) is 7.60. The Kier molecular flexibility index (Phi) is 4.76. The Morgan fingerprint density at radius 3 is 2.48 bits per heavy atom. The quantitative estimate of drug-likeness (QED) is 0.634. The van der Waals surface area contributed by atoms with E-state index in [0.29, 0.717) is 5.56 Å². The van der Waals surface area contributed by atoms with Crippen LogP contribution in [-0.2, 0) is 4.74 Å². The molecule has 3 aromatic rings. The SMILES string of the molecule is C[C@@H](OC(=O)c1ccc(F)cc1Cl)c1nnc(-c2ccc(F)cc2)o1. The number of benzene rings is 2. The van der Waals surface area contributed by atoms with Crippen molar-refractivity contribution in [2.45, 2.75) is 13.0 Å². The van der Waals surface area contributed by atoms with Crippen LogP contribution in [-0.4, -0.2) is 16.2 Å². The largest absolute Gasteiger partial charge is 0.449 e. The fraction of sp³-hybridized carbons (Fsp3) is 0.118. The third-order valence-electron chi connectivity index (χ3n) is 3.31. The van der Waals surface area contributed by atoms with Gasteiger partial charge in [-0.25, -0.2) is 13.6 Å². The summed E-state index contributed by atoms with van der Waals surface area (Å²) < 4.78 is 36.6. The zero-order chi connectivity index (χ0) is 18.0. The highest BCUT2D eigenvalue weighted by atomic mass is 35.5. The molecule has 0 bridgehead atoms. The first-order valence-electron chi connectivity index (χ1n) is 7.19. The maximum atomic E-state index is 13.0. The van der Waals surface area contributed by atoms with Crippen LogP contribution in [0.2, 0.25) is 5.02 Å². The Morgan fingerprint density at radius 1 is 1.12 bits per heavy atom. The molecule has 25 heavy (non-hydrogen) atoms. The molecule has 1 heterocycles. The molecule has 3 rings (SSSR count). The number of hydrogen-bond acceptors (Lipinski definition) is 5. The van der Waals surface area contributed by atoms with Crippen LogP contribution in [0, 0.1) is 11.6 Å². The van der Waals surface area contributed by atoms with E-state index in [1.54, 1.807) is 0 Å². The van der Waals surface area contributed by atoms with E-state index in [2.05, 4.69) is 10.2 Å². The fourth-order valence-electron chi connectivity index (χ4n) is 2.04. The molecule has 0 fully saturated rings. The third-order valence-corrected chi connectivity index (χ3v) is 3.63. The van der Waals surface area contributed by atoms with Gasteiger partial charge in [0.15, 0.2) is 6.10 Å². The molecular formula is C17H11ClF2N2O3. The molecule has 0 aliphatic carbocycles. The van der Waals surface area contributed by atoms with Gasteiger partial charge in [-0.05, 0) is 49.4 Å². The number of ether oxygens (including phenoxy) is 1. The van der Waals surface area contributed by atoms with Gasteiger partial charge in [-0.15, -0.1) is 10.2 Å². The summed E-state index contributed by atoms with van der Waals surface area (Å²) >= 11 is 5.83. The minimum atomic E-state index is -0.852. The number of aromatic nitrogens is 2. The Bertz CT molecular complexity index is 913. The average Bonchev–Trinajstić information content (AvgIpc) is 3.05. The molecular weight excluding hydrogens is 354 g/mol. The summed E-state index contributed by atoms with van der Waals surface area (Å²) in [6.45, 7) is 1.54. The molecule has 0 amide bonds. The highest BCUT2D eigenvalue weighted by molar-refractivity contribution is 6.33. The first-order valence-corrected chi connectivity index (χ1v) is 7.57. The predicted molar refractivity (Wildman–Crippen MR) is 84.9 cm³/mol. The van der Waals surface area contributed by atoms with Crippen LogP contribution in [0.3, 0.4) is 0 Å². The van der Waals surface area contributed by atoms with E-state index in [4.69, 9.17) is 20.8 Å². The maximum Gasteiger partial charge on any atom is 0.340 e. The second-order valence-corrected chi connectivity index (χ2v) is 5.53. The molecule has 0 saturated carbocycles. The number of rotatable bonds is 4. The van der Waals surface area contributed by atoms with Crippen LogP contribution in [0.5, 0.6) is 0 Å². The van der Waals surface area contributed by atoms with E-state index in [0.717, 1.165) is 12.1 Å². The molecule has 0 aliphatic heterocycles. The predicted octanol–water partition coefficient (Wildman–Crippen LogP) is 4.59. The van der Waals surface area contributed by atoms with E-state index < -0.39 is 17.9 Å². The van der Waals surface area contributed by atoms with Crippen LogP contribution < -0.4 is 0 Å². The molecule has 128 valence electrons. The number of halogens is 3. The van der Waals surface area contributed by atoms with E-state index in [-0.39, 0.29) is 28.2 Å². The summed E-state index contributed by atoms with van der Waals surface area (Å²) in [5.74, 6) is -1.47. The van der Waals surface area contributed by atoms with Gasteiger partial charge in [-0.3, -0.25) is 0 Å². The summed E-state index contributed by atoms with van der Waals surface area (Å²) in [5.41, 5.74) is 0.549. The Balaban J connectivity index is 1.74. The first kappa shape index (κ1) is 17.0. The second-order valence-electron chi connectivity index (χ2n) is 5.12. The molecule has 8 heteroatoms. The van der Waals surface area contributed by atoms with Gasteiger partial charge >= 0.3 is 5.97 Å². The lowest BCUT2D eigenvalue weighted by Crippen LogP contribution is -2.10. The fourth-order valence-corrected chi connectivity index (χ4v) is 2.28. The van der Waals surface area contributed by atoms with Crippen molar-refractivity contribution in [3.63, 3.8) is 0 Å². The number of nitrogens with zero attached hydrogens (tertiary/aromatic N) is 2. The minimum Gasteiger partial charge on any atom is -0.449 e. The van der Waals surface area contributed by atoms with Crippen LogP contribution in [0.25, 0.3) is 11.5 Å². The maximum absolute atomic E-state index is 13.0. The summed E-state index contributed by atoms with van der Waals surface area (Å²) in [6, 6.07) is 8.85. The third kappa shape index (κ3) is 3.83. The van der Waals surface area contributed by atoms with Crippen molar-refractivity contribution in [1.82, 2.24) is 10.2 Å². The zero-order valence-corrected chi connectivity index (χ0v) is 13.6. The van der Waals surface area contributed by atoms with Crippen molar-refractivity contribution >= 4 is 17.6 Å². The second kappa shape index (κ2) is 6.98. The Hall–Kier alpha value is -2.80. The normalized spacial score (nSPS) is 12.0. The molecule has 5 nitrogen and oxygen atoms in total. The summed E-state index contributed by atoms with van der Waals surface area (Å²) in [6.07, 6.45) is -0.852. The van der Waals surface area contributed by atoms with Gasteiger partial charge < -0.3 is 9.15 Å². The lowest BCUT2D eigenvalue weighted by atomic mass is 10.2. The number of carbonyl (C=O) groups excluding carboxylic acids is 1. The molecule has 0 unspecified atom stereocenters. The van der Waals surface area contributed by atoms with Gasteiger partial charge in [0.1, 0.15) is 11.6 Å². The molecule has 0 saturated heterocycles. The van der Waals surface area contributed by atoms with Crippen molar-refractivity contribution in [3.8, 4) is 11.5 Å². The van der Waals surface area contributed by atoms with Crippen molar-refractivity contribution in [2.24, 2.45) is 0 Å². The van der Waals surface area contributed by atoms with E-state index in [1.807, 2.05) is 0 Å². The van der Waals surface area contributed by atoms with Crippen LogP contribution >= 0.6 is 11.6 Å². The van der Waals surface area contributed by atoms with E-state index in [1.165, 1.54) is 37.3 Å². The standard InChI is InChI=1S/C17H11ClF2N2O3/c1-9(24-17(23)13-7-6-12(20)8-14(13)18)15-21-22-16(25-15)10-2-4-11(19)5-3-10/h2-9H,1H3/t9-/m1/s1. The van der Waals surface area contributed by atoms with Gasteiger partial charge in [0.2, 0.25) is 5.89 Å². The van der Waals surface area contributed by atoms with Crippen LogP contribution in [0.1, 0.15) is 29.3 Å². The van der Waals surface area contributed by atoms with Gasteiger partial charge in [0.25, 0.3) is 5.89 Å². The summed E-state index contributed by atoms with van der Waals surface area (Å²) in [7, 11) is 0. The molecule has 0 N–H and O–H groups in total. The zero-order valence-electron chi connectivity index (χ0n) is 12.9. The van der Waals surface area contributed by atoms with Gasteiger partial charge in [0, 0.05) is 5.56 Å². The molecule has 0 aliphatic rings. The molecule has 2 aromatic carbocycles.